The third-order valence-corrected chi connectivity index (χ3v) is 6.23. The lowest BCUT2D eigenvalue weighted by atomic mass is 10.0. The summed E-state index contributed by atoms with van der Waals surface area (Å²) in [5.74, 6) is 1.48. The Bertz CT molecular complexity index is 974. The van der Waals surface area contributed by atoms with Crippen molar-refractivity contribution in [2.45, 2.75) is 18.9 Å². The van der Waals surface area contributed by atoms with E-state index in [1.807, 2.05) is 67.5 Å². The molecule has 13 heteroatoms. The van der Waals surface area contributed by atoms with Crippen LogP contribution in [-0.2, 0) is 31.3 Å². The molecule has 206 valence electrons. The summed E-state index contributed by atoms with van der Waals surface area (Å²) in [6.45, 7) is -0.203. The predicted octanol–water partition coefficient (Wildman–Crippen LogP) is 6.18. The second-order valence-electron chi connectivity index (χ2n) is 7.93. The second kappa shape index (κ2) is 16.9. The first-order valence-corrected chi connectivity index (χ1v) is 13.7. The summed E-state index contributed by atoms with van der Waals surface area (Å²) >= 11 is 10.5. The molecule has 0 aliphatic heterocycles. The average Bonchev–Trinajstić information content (AvgIpc) is 2.88. The zero-order valence-electron chi connectivity index (χ0n) is 20.9. The largest absolute Gasteiger partial charge is 0.693 e. The van der Waals surface area contributed by atoms with Gasteiger partial charge in [-0.25, -0.2) is 0 Å². The van der Waals surface area contributed by atoms with Crippen LogP contribution in [-0.4, -0.2) is 70.1 Å². The lowest BCUT2D eigenvalue weighted by molar-refractivity contribution is -0.0761. The Balaban J connectivity index is 1.97. The molecule has 0 N–H and O–H groups in total. The van der Waals surface area contributed by atoms with Gasteiger partial charge in [0.1, 0.15) is 30.8 Å². The number of rotatable bonds is 18. The molecule has 0 amide bonds. The molecule has 2 rings (SSSR count). The molecule has 37 heavy (non-hydrogen) atoms. The second-order valence-corrected chi connectivity index (χ2v) is 10.2. The Morgan fingerprint density at radius 1 is 1.11 bits per heavy atom. The first kappa shape index (κ1) is 31.4. The van der Waals surface area contributed by atoms with E-state index in [1.165, 1.54) is 0 Å². The van der Waals surface area contributed by atoms with Crippen LogP contribution in [0.1, 0.15) is 11.1 Å². The van der Waals surface area contributed by atoms with Crippen molar-refractivity contribution in [1.29, 1.82) is 0 Å². The molecule has 2 atom stereocenters. The van der Waals surface area contributed by atoms with Crippen molar-refractivity contribution >= 4 is 36.9 Å². The van der Waals surface area contributed by atoms with Gasteiger partial charge in [-0.05, 0) is 67.9 Å². The van der Waals surface area contributed by atoms with Gasteiger partial charge in [0.25, 0.3) is 0 Å². The minimum Gasteiger partial charge on any atom is -0.497 e. The summed E-state index contributed by atoms with van der Waals surface area (Å²) in [5, 5.41) is 2.73. The average molecular weight is 584 g/mol. The van der Waals surface area contributed by atoms with Gasteiger partial charge in [0.2, 0.25) is 0 Å². The normalized spacial score (nSPS) is 14.3. The highest BCUT2D eigenvalue weighted by Crippen LogP contribution is 2.64. The van der Waals surface area contributed by atoms with Crippen LogP contribution >= 0.6 is 31.5 Å². The van der Waals surface area contributed by atoms with E-state index in [4.69, 9.17) is 46.5 Å². The number of para-hydroxylation sites is 1. The fourth-order valence-electron chi connectivity index (χ4n) is 3.20. The van der Waals surface area contributed by atoms with E-state index in [9.17, 15) is 8.59 Å². The van der Waals surface area contributed by atoms with Crippen LogP contribution in [0.15, 0.2) is 53.7 Å². The fraction of sp³-hybridized carbons (Fsp3) is 0.458. The molecule has 0 spiro atoms. The highest BCUT2D eigenvalue weighted by Gasteiger charge is 2.52. The maximum Gasteiger partial charge on any atom is 0.693 e. The lowest BCUT2D eigenvalue weighted by Crippen LogP contribution is -2.34. The molecule has 0 fully saturated rings. The summed E-state index contributed by atoms with van der Waals surface area (Å²) in [6.07, 6.45) is 1.06. The fourth-order valence-corrected chi connectivity index (χ4v) is 4.30. The van der Waals surface area contributed by atoms with E-state index in [0.717, 1.165) is 29.7 Å². The number of alkyl halides is 1. The summed E-state index contributed by atoms with van der Waals surface area (Å²) in [5.41, 5.74) is 0.669. The van der Waals surface area contributed by atoms with E-state index < -0.39 is 26.6 Å². The first-order chi connectivity index (χ1) is 17.7. The third-order valence-electron chi connectivity index (χ3n) is 4.82. The number of halogens is 4. The summed E-state index contributed by atoms with van der Waals surface area (Å²) in [7, 11) is 0.812. The Morgan fingerprint density at radius 2 is 1.89 bits per heavy atom. The van der Waals surface area contributed by atoms with Crippen molar-refractivity contribution in [2.24, 2.45) is 5.16 Å². The van der Waals surface area contributed by atoms with Crippen LogP contribution in [0, 0.1) is 0 Å². The topological polar surface area (TPSA) is 71.0 Å². The van der Waals surface area contributed by atoms with E-state index in [1.54, 1.807) is 7.11 Å². The molecule has 0 bridgehead atoms. The van der Waals surface area contributed by atoms with Crippen molar-refractivity contribution in [3.8, 4) is 11.5 Å². The van der Waals surface area contributed by atoms with Gasteiger partial charge >= 0.3 is 13.7 Å². The molecule has 2 aromatic rings. The molecule has 8 nitrogen and oxygen atoms in total. The van der Waals surface area contributed by atoms with Gasteiger partial charge < -0.3 is 19.1 Å². The molecule has 0 radical (unpaired) electrons. The number of hydrogen-bond acceptors (Lipinski definition) is 8. The predicted molar refractivity (Wildman–Crippen MR) is 142 cm³/mol. The van der Waals surface area contributed by atoms with E-state index in [2.05, 4.69) is 9.78 Å². The molecule has 0 saturated heterocycles. The maximum absolute atomic E-state index is 14.8. The van der Waals surface area contributed by atoms with Crippen molar-refractivity contribution in [3.63, 3.8) is 0 Å². The molecule has 0 aromatic heterocycles. The highest BCUT2D eigenvalue weighted by atomic mass is 35.5. The SMILES string of the molecule is COc1cccc(CCc2ccccc2OCC(CN(C)C)OCO[P+](F)(OCCCl)O/N=C(\F)Cl)c1. The first-order valence-electron chi connectivity index (χ1n) is 11.4. The number of aryl methyl sites for hydroxylation is 2. The van der Waals surface area contributed by atoms with Crippen LogP contribution in [0.25, 0.3) is 0 Å². The molecule has 2 unspecified atom stereocenters. The molecule has 0 heterocycles. The number of likely N-dealkylation sites (N-methyl/N-ethyl adjacent to an activating group) is 1. The minimum atomic E-state index is -4.54. The monoisotopic (exact) mass is 583 g/mol. The van der Waals surface area contributed by atoms with Crippen molar-refractivity contribution in [2.75, 3.05) is 53.6 Å². The van der Waals surface area contributed by atoms with Crippen LogP contribution in [0.5, 0.6) is 11.5 Å². The van der Waals surface area contributed by atoms with Crippen molar-refractivity contribution in [3.05, 3.63) is 59.7 Å². The van der Waals surface area contributed by atoms with Crippen LogP contribution in [0.2, 0.25) is 0 Å². The zero-order chi connectivity index (χ0) is 27.1. The van der Waals surface area contributed by atoms with E-state index in [0.29, 0.717) is 12.3 Å². The van der Waals surface area contributed by atoms with Crippen LogP contribution in [0.3, 0.4) is 0 Å². The van der Waals surface area contributed by atoms with Gasteiger partial charge in [0.05, 0.1) is 17.2 Å². The Morgan fingerprint density at radius 3 is 2.59 bits per heavy atom. The number of methoxy groups -OCH3 is 1. The quantitative estimate of drug-likeness (QED) is 0.0682. The Hall–Kier alpha value is -1.78. The molecule has 0 aliphatic rings. The number of hydrogen-bond donors (Lipinski definition) is 0. The summed E-state index contributed by atoms with van der Waals surface area (Å²) < 4.78 is 58.6. The molecular weight excluding hydrogens is 552 g/mol. The van der Waals surface area contributed by atoms with Crippen LogP contribution < -0.4 is 9.47 Å². The van der Waals surface area contributed by atoms with Gasteiger partial charge in [-0.3, -0.25) is 0 Å². The molecule has 2 aromatic carbocycles. The third kappa shape index (κ3) is 12.5. The molecular formula is C24H32Cl2F2N2O6P+. The van der Waals surface area contributed by atoms with Crippen molar-refractivity contribution < 1.29 is 36.5 Å². The summed E-state index contributed by atoms with van der Waals surface area (Å²) in [6, 6.07) is 15.6. The molecule has 0 saturated carbocycles. The Kier molecular flexibility index (Phi) is 14.4. The van der Waals surface area contributed by atoms with Gasteiger partial charge in [0, 0.05) is 11.7 Å². The minimum absolute atomic E-state index is 0.0410. The summed E-state index contributed by atoms with van der Waals surface area (Å²) in [4.78, 5) is 1.88. The van der Waals surface area contributed by atoms with Crippen LogP contribution in [0.4, 0.5) is 8.59 Å². The number of ether oxygens (including phenoxy) is 3. The van der Waals surface area contributed by atoms with Gasteiger partial charge in [0.15, 0.2) is 6.79 Å². The standard InChI is InChI=1S/C24H32Cl2F2N2O6P/c1-30(2)16-22(33-18-35-37(28,34-14-13-25)36-29-24(26)27)17-32-23-10-5-4-8-20(23)12-11-19-7-6-9-21(15-19)31-3/h4-10,15,22H,11-14,16-18H2,1-3H3/q+1/b29-24-. The van der Waals surface area contributed by atoms with Gasteiger partial charge in [-0.1, -0.05) is 30.3 Å². The van der Waals surface area contributed by atoms with Gasteiger partial charge in [-0.15, -0.1) is 25.3 Å². The number of benzene rings is 2. The van der Waals surface area contributed by atoms with E-state index >= 15 is 0 Å². The lowest BCUT2D eigenvalue weighted by Gasteiger charge is -2.22. The molecule has 0 aliphatic carbocycles. The van der Waals surface area contributed by atoms with Crippen molar-refractivity contribution in [1.82, 2.24) is 4.90 Å². The van der Waals surface area contributed by atoms with Gasteiger partial charge in [-0.2, -0.15) is 4.39 Å². The van der Waals surface area contributed by atoms with E-state index in [-0.39, 0.29) is 19.1 Å². The number of oxime groups is 1. The highest BCUT2D eigenvalue weighted by molar-refractivity contribution is 7.56. The Labute approximate surface area is 227 Å². The smallest absolute Gasteiger partial charge is 0.497 e. The number of nitrogens with zero attached hydrogens (tertiary/aromatic N) is 2. The zero-order valence-corrected chi connectivity index (χ0v) is 23.4. The maximum atomic E-state index is 14.8.